The first-order valence-corrected chi connectivity index (χ1v) is 12.8. The zero-order valence-electron chi connectivity index (χ0n) is 23.8. The number of carbonyl (C=O) groups is 1. The molecule has 1 heterocycles. The van der Waals surface area contributed by atoms with Crippen LogP contribution in [0.25, 0.3) is 12.2 Å². The number of rotatable bonds is 10. The van der Waals surface area contributed by atoms with Crippen molar-refractivity contribution in [2.75, 3.05) is 55.7 Å². The maximum atomic E-state index is 13.9. The Labute approximate surface area is 235 Å². The molecule has 0 spiro atoms. The first-order valence-electron chi connectivity index (χ1n) is 12.8. The van der Waals surface area contributed by atoms with Gasteiger partial charge in [0.1, 0.15) is 0 Å². The molecule has 0 unspecified atom stereocenters. The summed E-state index contributed by atoms with van der Waals surface area (Å²) in [5, 5.41) is 0. The maximum Gasteiger partial charge on any atom is 0.203 e. The van der Waals surface area contributed by atoms with Gasteiger partial charge in [-0.3, -0.25) is 9.69 Å². The third kappa shape index (κ3) is 5.92. The van der Waals surface area contributed by atoms with Crippen LogP contribution < -0.4 is 28.4 Å². The van der Waals surface area contributed by atoms with Crippen molar-refractivity contribution < 1.29 is 33.2 Å². The van der Waals surface area contributed by atoms with E-state index in [0.29, 0.717) is 76.4 Å². The van der Waals surface area contributed by atoms with Gasteiger partial charge in [-0.25, -0.2) is 0 Å². The fourth-order valence-electron chi connectivity index (χ4n) is 4.91. The third-order valence-corrected chi connectivity index (χ3v) is 6.75. The van der Waals surface area contributed by atoms with E-state index in [2.05, 4.69) is 17.0 Å². The summed E-state index contributed by atoms with van der Waals surface area (Å²) in [6.45, 7) is 1.60. The van der Waals surface area contributed by atoms with Gasteiger partial charge in [0.2, 0.25) is 11.5 Å². The topological polar surface area (TPSA) is 75.7 Å². The van der Waals surface area contributed by atoms with Crippen molar-refractivity contribution >= 4 is 17.9 Å². The molecule has 8 nitrogen and oxygen atoms in total. The number of likely N-dealkylation sites (tertiary alicyclic amines) is 1. The Kier molecular flexibility index (Phi) is 9.35. The molecule has 4 rings (SSSR count). The van der Waals surface area contributed by atoms with Gasteiger partial charge in [0.15, 0.2) is 28.8 Å². The van der Waals surface area contributed by atoms with E-state index in [9.17, 15) is 4.79 Å². The minimum atomic E-state index is -0.0574. The Morgan fingerprint density at radius 2 is 1.05 bits per heavy atom. The average Bonchev–Trinajstić information content (AvgIpc) is 2.99. The number of piperidine rings is 1. The Morgan fingerprint density at radius 1 is 0.600 bits per heavy atom. The lowest BCUT2D eigenvalue weighted by atomic mass is 9.93. The minimum absolute atomic E-state index is 0.0574. The summed E-state index contributed by atoms with van der Waals surface area (Å²) in [4.78, 5) is 16.2. The average molecular weight is 546 g/mol. The number of Topliss-reactive ketones (excluding diaryl/α,β-unsaturated/α-hetero) is 1. The first kappa shape index (κ1) is 28.6. The summed E-state index contributed by atoms with van der Waals surface area (Å²) in [6, 6.07) is 17.5. The Morgan fingerprint density at radius 3 is 1.45 bits per heavy atom. The second kappa shape index (κ2) is 13.1. The predicted molar refractivity (Wildman–Crippen MR) is 155 cm³/mol. The Balaban J connectivity index is 1.82. The van der Waals surface area contributed by atoms with Gasteiger partial charge in [-0.15, -0.1) is 0 Å². The van der Waals surface area contributed by atoms with Crippen LogP contribution in [-0.4, -0.2) is 66.4 Å². The van der Waals surface area contributed by atoms with Gasteiger partial charge >= 0.3 is 0 Å². The van der Waals surface area contributed by atoms with Crippen LogP contribution in [0.1, 0.15) is 16.7 Å². The fraction of sp³-hybridized carbons (Fsp3) is 0.281. The van der Waals surface area contributed by atoms with Gasteiger partial charge in [-0.1, -0.05) is 30.3 Å². The standard InChI is InChI=1S/C32H35NO7/c1-35-26-14-12-22(29(37-3)31(26)39-5)16-24-19-33(18-21-10-8-7-9-11-21)20-25(28(24)34)17-23-13-15-27(36-2)32(40-6)30(23)38-4/h7-17H,18-20H2,1-6H3. The van der Waals surface area contributed by atoms with Crippen molar-refractivity contribution in [3.05, 3.63) is 82.4 Å². The van der Waals surface area contributed by atoms with Crippen LogP contribution in [0.5, 0.6) is 34.5 Å². The van der Waals surface area contributed by atoms with E-state index in [0.717, 1.165) is 5.56 Å². The Hall–Kier alpha value is -4.43. The van der Waals surface area contributed by atoms with Crippen molar-refractivity contribution in [2.24, 2.45) is 0 Å². The van der Waals surface area contributed by atoms with E-state index in [4.69, 9.17) is 28.4 Å². The number of nitrogens with zero attached hydrogens (tertiary/aromatic N) is 1. The van der Waals surface area contributed by atoms with Gasteiger partial charge in [-0.2, -0.15) is 0 Å². The van der Waals surface area contributed by atoms with E-state index in [1.54, 1.807) is 54.8 Å². The molecule has 0 aromatic heterocycles. The van der Waals surface area contributed by atoms with Gasteiger partial charge in [-0.05, 0) is 42.0 Å². The highest BCUT2D eigenvalue weighted by atomic mass is 16.5. The predicted octanol–water partition coefficient (Wildman–Crippen LogP) is 5.29. The molecule has 1 aliphatic heterocycles. The maximum absolute atomic E-state index is 13.9. The SMILES string of the molecule is COc1ccc(C=C2CN(Cc3ccccc3)CC(=Cc3ccc(OC)c(OC)c3OC)C2=O)c(OC)c1OC. The molecule has 0 N–H and O–H groups in total. The smallest absolute Gasteiger partial charge is 0.203 e. The molecule has 0 saturated carbocycles. The molecule has 8 heteroatoms. The van der Waals surface area contributed by atoms with Gasteiger partial charge in [0, 0.05) is 41.9 Å². The van der Waals surface area contributed by atoms with Gasteiger partial charge < -0.3 is 28.4 Å². The normalized spacial score (nSPS) is 15.7. The molecular weight excluding hydrogens is 510 g/mol. The highest BCUT2D eigenvalue weighted by Gasteiger charge is 2.28. The number of hydrogen-bond acceptors (Lipinski definition) is 8. The molecule has 0 aliphatic carbocycles. The van der Waals surface area contributed by atoms with Gasteiger partial charge in [0.05, 0.1) is 42.7 Å². The van der Waals surface area contributed by atoms with Crippen LogP contribution in [0.4, 0.5) is 0 Å². The Bertz CT molecular complexity index is 1330. The van der Waals surface area contributed by atoms with E-state index >= 15 is 0 Å². The monoisotopic (exact) mass is 545 g/mol. The van der Waals surface area contributed by atoms with E-state index in [1.807, 2.05) is 42.5 Å². The summed E-state index contributed by atoms with van der Waals surface area (Å²) in [5.41, 5.74) is 3.83. The van der Waals surface area contributed by atoms with Crippen molar-refractivity contribution in [3.8, 4) is 34.5 Å². The molecule has 0 bridgehead atoms. The molecule has 3 aromatic carbocycles. The van der Waals surface area contributed by atoms with Crippen LogP contribution in [-0.2, 0) is 11.3 Å². The van der Waals surface area contributed by atoms with Crippen LogP contribution in [0.15, 0.2) is 65.7 Å². The summed E-state index contributed by atoms with van der Waals surface area (Å²) in [5.74, 6) is 2.96. The molecule has 0 atom stereocenters. The van der Waals surface area contributed by atoms with Gasteiger partial charge in [0.25, 0.3) is 0 Å². The number of benzene rings is 3. The van der Waals surface area contributed by atoms with Crippen LogP contribution >= 0.6 is 0 Å². The van der Waals surface area contributed by atoms with E-state index in [-0.39, 0.29) is 5.78 Å². The lowest BCUT2D eigenvalue weighted by molar-refractivity contribution is -0.113. The zero-order valence-corrected chi connectivity index (χ0v) is 23.8. The molecule has 3 aromatic rings. The molecule has 1 aliphatic rings. The van der Waals surface area contributed by atoms with Crippen molar-refractivity contribution in [1.29, 1.82) is 0 Å². The molecule has 0 amide bonds. The third-order valence-electron chi connectivity index (χ3n) is 6.75. The largest absolute Gasteiger partial charge is 0.493 e. The summed E-state index contributed by atoms with van der Waals surface area (Å²) < 4.78 is 33.3. The van der Waals surface area contributed by atoms with Crippen molar-refractivity contribution in [1.82, 2.24) is 4.90 Å². The highest BCUT2D eigenvalue weighted by molar-refractivity contribution is 6.15. The lowest BCUT2D eigenvalue weighted by Gasteiger charge is -2.30. The van der Waals surface area contributed by atoms with Crippen molar-refractivity contribution in [2.45, 2.75) is 6.54 Å². The minimum Gasteiger partial charge on any atom is -0.493 e. The number of carbonyl (C=O) groups excluding carboxylic acids is 1. The van der Waals surface area contributed by atoms with E-state index < -0.39 is 0 Å². The quantitative estimate of drug-likeness (QED) is 0.318. The molecule has 1 fully saturated rings. The highest BCUT2D eigenvalue weighted by Crippen LogP contribution is 2.42. The van der Waals surface area contributed by atoms with Crippen molar-refractivity contribution in [3.63, 3.8) is 0 Å². The summed E-state index contributed by atoms with van der Waals surface area (Å²) >= 11 is 0. The second-order valence-electron chi connectivity index (χ2n) is 9.15. The first-order chi connectivity index (χ1) is 19.5. The van der Waals surface area contributed by atoms with E-state index in [1.165, 1.54) is 0 Å². The zero-order chi connectivity index (χ0) is 28.6. The molecule has 40 heavy (non-hydrogen) atoms. The lowest BCUT2D eigenvalue weighted by Crippen LogP contribution is -2.37. The molecule has 210 valence electrons. The summed E-state index contributed by atoms with van der Waals surface area (Å²) in [7, 11) is 9.39. The number of ketones is 1. The molecular formula is C32H35NO7. The number of methoxy groups -OCH3 is 6. The summed E-state index contributed by atoms with van der Waals surface area (Å²) in [6.07, 6.45) is 3.72. The van der Waals surface area contributed by atoms with Crippen LogP contribution in [0.3, 0.4) is 0 Å². The van der Waals surface area contributed by atoms with Crippen LogP contribution in [0, 0.1) is 0 Å². The molecule has 0 radical (unpaired) electrons. The number of hydrogen-bond donors (Lipinski definition) is 0. The second-order valence-corrected chi connectivity index (χ2v) is 9.15. The van der Waals surface area contributed by atoms with Crippen LogP contribution in [0.2, 0.25) is 0 Å². The molecule has 1 saturated heterocycles. The fourth-order valence-corrected chi connectivity index (χ4v) is 4.91. The number of ether oxygens (including phenoxy) is 6.